The third-order valence-corrected chi connectivity index (χ3v) is 5.65. The molecule has 1 amide bonds. The van der Waals surface area contributed by atoms with E-state index >= 15 is 0 Å². The summed E-state index contributed by atoms with van der Waals surface area (Å²) in [6.45, 7) is 3.35. The Morgan fingerprint density at radius 1 is 1.23 bits per heavy atom. The van der Waals surface area contributed by atoms with Crippen LogP contribution in [0.25, 0.3) is 0 Å². The van der Waals surface area contributed by atoms with E-state index in [-0.39, 0.29) is 29.9 Å². The Kier molecular flexibility index (Phi) is 8.56. The van der Waals surface area contributed by atoms with Gasteiger partial charge in [-0.2, -0.15) is 0 Å². The van der Waals surface area contributed by atoms with E-state index in [0.29, 0.717) is 37.4 Å². The highest BCUT2D eigenvalue weighted by molar-refractivity contribution is 14.0. The number of nitrogens with zero attached hydrogens (tertiary/aromatic N) is 4. The molecule has 9 heteroatoms. The summed E-state index contributed by atoms with van der Waals surface area (Å²) in [5.41, 5.74) is 1.10. The standard InChI is InChI=1S/C22H29N5O3.HI/c1-23-22(27-12-10-26(11-13-27)21(28)19-7-4-14-29-19)25-16-17-8-9-24-20(15-17)30-18-5-2-3-6-18;/h4,7-9,14-15,18H,2-3,5-6,10-13,16H2,1H3,(H,23,25);1H. The number of nitrogens with one attached hydrogen (secondary N) is 1. The minimum atomic E-state index is -0.0609. The number of halogens is 1. The maximum absolute atomic E-state index is 12.4. The predicted octanol–water partition coefficient (Wildman–Crippen LogP) is 3.15. The first kappa shape index (κ1) is 23.4. The fourth-order valence-corrected chi connectivity index (χ4v) is 3.99. The Bertz CT molecular complexity index is 860. The summed E-state index contributed by atoms with van der Waals surface area (Å²) < 4.78 is 11.2. The number of aromatic nitrogens is 1. The number of rotatable bonds is 5. The van der Waals surface area contributed by atoms with Crippen molar-refractivity contribution in [2.75, 3.05) is 33.2 Å². The molecule has 0 spiro atoms. The molecule has 0 unspecified atom stereocenters. The van der Waals surface area contributed by atoms with Crippen LogP contribution in [-0.4, -0.2) is 66.0 Å². The molecule has 0 radical (unpaired) electrons. The molecule has 31 heavy (non-hydrogen) atoms. The number of carbonyl (C=O) groups is 1. The van der Waals surface area contributed by atoms with Crippen molar-refractivity contribution in [2.24, 2.45) is 4.99 Å². The minimum absolute atomic E-state index is 0. The molecule has 2 aromatic heterocycles. The second-order valence-electron chi connectivity index (χ2n) is 7.68. The summed E-state index contributed by atoms with van der Waals surface area (Å²) in [6.07, 6.45) is 8.33. The lowest BCUT2D eigenvalue weighted by Gasteiger charge is -2.36. The van der Waals surface area contributed by atoms with Crippen molar-refractivity contribution in [3.8, 4) is 5.88 Å². The van der Waals surface area contributed by atoms with Crippen molar-refractivity contribution in [1.82, 2.24) is 20.1 Å². The molecule has 0 bridgehead atoms. The molecular weight excluding hydrogens is 509 g/mol. The van der Waals surface area contributed by atoms with Gasteiger partial charge >= 0.3 is 0 Å². The van der Waals surface area contributed by atoms with Gasteiger partial charge in [0.25, 0.3) is 5.91 Å². The van der Waals surface area contributed by atoms with E-state index in [4.69, 9.17) is 9.15 Å². The molecule has 1 aliphatic carbocycles. The van der Waals surface area contributed by atoms with Gasteiger partial charge in [-0.3, -0.25) is 9.79 Å². The topological polar surface area (TPSA) is 83.2 Å². The average Bonchev–Trinajstić information content (AvgIpc) is 3.49. The Balaban J connectivity index is 0.00000272. The molecule has 4 rings (SSSR count). The first-order chi connectivity index (χ1) is 14.7. The van der Waals surface area contributed by atoms with Gasteiger partial charge in [0.2, 0.25) is 5.88 Å². The number of furan rings is 1. The van der Waals surface area contributed by atoms with E-state index in [0.717, 1.165) is 37.5 Å². The van der Waals surface area contributed by atoms with E-state index in [9.17, 15) is 4.79 Å². The Hall–Kier alpha value is -2.30. The van der Waals surface area contributed by atoms with Crippen LogP contribution in [0.4, 0.5) is 0 Å². The lowest BCUT2D eigenvalue weighted by molar-refractivity contribution is 0.0657. The van der Waals surface area contributed by atoms with E-state index in [2.05, 4.69) is 20.2 Å². The summed E-state index contributed by atoms with van der Waals surface area (Å²) in [7, 11) is 1.78. The van der Waals surface area contributed by atoms with Gasteiger partial charge in [-0.25, -0.2) is 4.98 Å². The third-order valence-electron chi connectivity index (χ3n) is 5.65. The summed E-state index contributed by atoms with van der Waals surface area (Å²) >= 11 is 0. The van der Waals surface area contributed by atoms with E-state index in [1.54, 1.807) is 25.4 Å². The molecule has 2 fully saturated rings. The van der Waals surface area contributed by atoms with Crippen LogP contribution in [0, 0.1) is 0 Å². The molecular formula is C22H30IN5O3. The van der Waals surface area contributed by atoms with Gasteiger partial charge in [-0.05, 0) is 49.4 Å². The second-order valence-corrected chi connectivity index (χ2v) is 7.68. The summed E-state index contributed by atoms with van der Waals surface area (Å²) in [6, 6.07) is 7.42. The molecule has 0 atom stereocenters. The first-order valence-electron chi connectivity index (χ1n) is 10.6. The summed E-state index contributed by atoms with van der Waals surface area (Å²) in [5.74, 6) is 1.85. The summed E-state index contributed by atoms with van der Waals surface area (Å²) in [5, 5.41) is 3.42. The van der Waals surface area contributed by atoms with Crippen LogP contribution in [0.2, 0.25) is 0 Å². The second kappa shape index (κ2) is 11.4. The van der Waals surface area contributed by atoms with Gasteiger partial charge in [0.05, 0.1) is 6.26 Å². The molecule has 8 nitrogen and oxygen atoms in total. The number of ether oxygens (including phenoxy) is 1. The molecule has 1 N–H and O–H groups in total. The largest absolute Gasteiger partial charge is 0.474 e. The van der Waals surface area contributed by atoms with Crippen molar-refractivity contribution < 1.29 is 13.9 Å². The quantitative estimate of drug-likeness (QED) is 0.357. The minimum Gasteiger partial charge on any atom is -0.474 e. The average molecular weight is 539 g/mol. The SMILES string of the molecule is CN=C(NCc1ccnc(OC2CCCC2)c1)N1CCN(C(=O)c2ccco2)CC1.I. The maximum atomic E-state index is 12.4. The highest BCUT2D eigenvalue weighted by Gasteiger charge is 2.25. The van der Waals surface area contributed by atoms with Gasteiger partial charge in [-0.1, -0.05) is 0 Å². The van der Waals surface area contributed by atoms with E-state index < -0.39 is 0 Å². The van der Waals surface area contributed by atoms with Crippen LogP contribution in [-0.2, 0) is 6.54 Å². The first-order valence-corrected chi connectivity index (χ1v) is 10.6. The van der Waals surface area contributed by atoms with Crippen LogP contribution in [0.15, 0.2) is 46.1 Å². The van der Waals surface area contributed by atoms with E-state index in [1.807, 2.05) is 17.0 Å². The third kappa shape index (κ3) is 6.11. The molecule has 168 valence electrons. The highest BCUT2D eigenvalue weighted by Crippen LogP contribution is 2.23. The van der Waals surface area contributed by atoms with Crippen LogP contribution in [0.3, 0.4) is 0 Å². The maximum Gasteiger partial charge on any atom is 0.289 e. The number of guanidine groups is 1. The molecule has 1 saturated heterocycles. The lowest BCUT2D eigenvalue weighted by atomic mass is 10.2. The number of pyridine rings is 1. The number of amides is 1. The zero-order valence-electron chi connectivity index (χ0n) is 17.8. The van der Waals surface area contributed by atoms with Gasteiger partial charge < -0.3 is 24.3 Å². The lowest BCUT2D eigenvalue weighted by Crippen LogP contribution is -2.53. The van der Waals surface area contributed by atoms with Gasteiger partial charge in [0.15, 0.2) is 11.7 Å². The molecule has 1 saturated carbocycles. The van der Waals surface area contributed by atoms with Crippen molar-refractivity contribution in [2.45, 2.75) is 38.3 Å². The Morgan fingerprint density at radius 2 is 1.97 bits per heavy atom. The van der Waals surface area contributed by atoms with Crippen molar-refractivity contribution in [1.29, 1.82) is 0 Å². The molecule has 0 aromatic carbocycles. The van der Waals surface area contributed by atoms with Crippen LogP contribution in [0.5, 0.6) is 5.88 Å². The van der Waals surface area contributed by atoms with Gasteiger partial charge in [-0.15, -0.1) is 24.0 Å². The van der Waals surface area contributed by atoms with Crippen molar-refractivity contribution in [3.63, 3.8) is 0 Å². The van der Waals surface area contributed by atoms with Crippen LogP contribution < -0.4 is 10.1 Å². The Morgan fingerprint density at radius 3 is 2.65 bits per heavy atom. The molecule has 1 aliphatic heterocycles. The molecule has 3 heterocycles. The number of aliphatic imine (C=N–C) groups is 1. The number of hydrogen-bond acceptors (Lipinski definition) is 5. The Labute approximate surface area is 200 Å². The fraction of sp³-hybridized carbons (Fsp3) is 0.500. The monoisotopic (exact) mass is 539 g/mol. The predicted molar refractivity (Wildman–Crippen MR) is 129 cm³/mol. The number of carbonyl (C=O) groups excluding carboxylic acids is 1. The van der Waals surface area contributed by atoms with E-state index in [1.165, 1.54) is 19.1 Å². The normalized spacial score (nSPS) is 17.4. The number of hydrogen-bond donors (Lipinski definition) is 1. The summed E-state index contributed by atoms with van der Waals surface area (Å²) in [4.78, 5) is 25.2. The van der Waals surface area contributed by atoms with Crippen molar-refractivity contribution >= 4 is 35.8 Å². The highest BCUT2D eigenvalue weighted by atomic mass is 127. The number of piperazine rings is 1. The van der Waals surface area contributed by atoms with Gasteiger partial charge in [0, 0.05) is 52.0 Å². The van der Waals surface area contributed by atoms with Crippen LogP contribution in [0.1, 0.15) is 41.8 Å². The fourth-order valence-electron chi connectivity index (χ4n) is 3.99. The van der Waals surface area contributed by atoms with Crippen LogP contribution >= 0.6 is 24.0 Å². The zero-order valence-corrected chi connectivity index (χ0v) is 20.2. The molecule has 2 aliphatic rings. The smallest absolute Gasteiger partial charge is 0.289 e. The molecule has 2 aromatic rings. The zero-order chi connectivity index (χ0) is 20.8. The van der Waals surface area contributed by atoms with Gasteiger partial charge in [0.1, 0.15) is 6.10 Å². The van der Waals surface area contributed by atoms with Crippen molar-refractivity contribution in [3.05, 3.63) is 48.0 Å².